The Bertz CT molecular complexity index is 1820. The van der Waals surface area contributed by atoms with E-state index in [1.807, 2.05) is 30.3 Å². The summed E-state index contributed by atoms with van der Waals surface area (Å²) in [6.45, 7) is 3.49. The highest BCUT2D eigenvalue weighted by atomic mass is 35.5. The number of pyridine rings is 1. The first-order valence-corrected chi connectivity index (χ1v) is 12.3. The molecule has 0 bridgehead atoms. The van der Waals surface area contributed by atoms with Gasteiger partial charge in [0.15, 0.2) is 0 Å². The van der Waals surface area contributed by atoms with Crippen molar-refractivity contribution < 1.29 is 14.4 Å². The third-order valence-electron chi connectivity index (χ3n) is 6.06. The first-order valence-electron chi connectivity index (χ1n) is 12.0. The Kier molecular flexibility index (Phi) is 7.30. The summed E-state index contributed by atoms with van der Waals surface area (Å²) in [6, 6.07) is 19.1. The standard InChI is InChI=1S/C30H21ClN6O3/c1-2-27(38)36-22-5-3-4-17(11-22)24-12-20(10-21-15-33-16-35-28(21)24)23-7-6-19(13-25(23)31)30(40)37-26-14-18(29(32)39)8-9-34-26/h2-16H,1H2,(H2,32,39)(H,36,38)(H,34,37,40). The van der Waals surface area contributed by atoms with Crippen molar-refractivity contribution in [3.8, 4) is 22.3 Å². The second kappa shape index (κ2) is 11.1. The summed E-state index contributed by atoms with van der Waals surface area (Å²) in [4.78, 5) is 48.8. The molecule has 4 N–H and O–H groups in total. The van der Waals surface area contributed by atoms with Gasteiger partial charge in [-0.3, -0.25) is 14.4 Å². The predicted octanol–water partition coefficient (Wildman–Crippen LogP) is 5.49. The van der Waals surface area contributed by atoms with E-state index in [9.17, 15) is 14.4 Å². The Balaban J connectivity index is 1.50. The van der Waals surface area contributed by atoms with Gasteiger partial charge in [0.25, 0.3) is 5.91 Å². The third kappa shape index (κ3) is 5.54. The fourth-order valence-corrected chi connectivity index (χ4v) is 4.46. The Hall–Kier alpha value is -5.41. The van der Waals surface area contributed by atoms with Gasteiger partial charge in [0.05, 0.1) is 5.52 Å². The summed E-state index contributed by atoms with van der Waals surface area (Å²) in [5.41, 5.74) is 10.3. The van der Waals surface area contributed by atoms with Crippen LogP contribution in [-0.2, 0) is 4.79 Å². The molecule has 196 valence electrons. The number of nitrogens with two attached hydrogens (primary N) is 1. The molecule has 2 heterocycles. The molecular formula is C30H21ClN6O3. The van der Waals surface area contributed by atoms with E-state index in [4.69, 9.17) is 17.3 Å². The number of aromatic nitrogens is 3. The molecule has 0 aliphatic carbocycles. The lowest BCUT2D eigenvalue weighted by atomic mass is 9.95. The van der Waals surface area contributed by atoms with Gasteiger partial charge in [-0.05, 0) is 65.7 Å². The van der Waals surface area contributed by atoms with E-state index in [2.05, 4.69) is 32.2 Å². The molecule has 10 heteroatoms. The maximum Gasteiger partial charge on any atom is 0.256 e. The van der Waals surface area contributed by atoms with E-state index in [-0.39, 0.29) is 17.3 Å². The van der Waals surface area contributed by atoms with Crippen LogP contribution < -0.4 is 16.4 Å². The number of halogens is 1. The number of benzene rings is 3. The molecular weight excluding hydrogens is 528 g/mol. The highest BCUT2D eigenvalue weighted by molar-refractivity contribution is 6.34. The van der Waals surface area contributed by atoms with E-state index >= 15 is 0 Å². The van der Waals surface area contributed by atoms with Crippen LogP contribution in [0.4, 0.5) is 11.5 Å². The number of hydrogen-bond donors (Lipinski definition) is 3. The molecule has 0 aliphatic heterocycles. The van der Waals surface area contributed by atoms with Crippen LogP contribution in [0, 0.1) is 0 Å². The average Bonchev–Trinajstić information content (AvgIpc) is 2.96. The van der Waals surface area contributed by atoms with Gasteiger partial charge in [-0.1, -0.05) is 36.4 Å². The number of amides is 3. The lowest BCUT2D eigenvalue weighted by molar-refractivity contribution is -0.111. The molecule has 0 aliphatic rings. The van der Waals surface area contributed by atoms with Crippen molar-refractivity contribution in [2.24, 2.45) is 5.73 Å². The molecule has 5 aromatic rings. The summed E-state index contributed by atoms with van der Waals surface area (Å²) < 4.78 is 0. The zero-order chi connectivity index (χ0) is 28.2. The molecule has 2 aromatic heterocycles. The van der Waals surface area contributed by atoms with Crippen LogP contribution in [0.25, 0.3) is 33.2 Å². The highest BCUT2D eigenvalue weighted by Crippen LogP contribution is 2.36. The molecule has 40 heavy (non-hydrogen) atoms. The lowest BCUT2D eigenvalue weighted by Crippen LogP contribution is -2.15. The van der Waals surface area contributed by atoms with E-state index in [1.165, 1.54) is 30.7 Å². The smallest absolute Gasteiger partial charge is 0.256 e. The summed E-state index contributed by atoms with van der Waals surface area (Å²) in [5.74, 6) is -1.20. The van der Waals surface area contributed by atoms with Crippen molar-refractivity contribution >= 4 is 51.7 Å². The van der Waals surface area contributed by atoms with Crippen LogP contribution in [0.5, 0.6) is 0 Å². The van der Waals surface area contributed by atoms with Crippen LogP contribution in [0.2, 0.25) is 5.02 Å². The minimum absolute atomic E-state index is 0.187. The summed E-state index contributed by atoms with van der Waals surface area (Å²) in [5, 5.41) is 6.55. The van der Waals surface area contributed by atoms with E-state index < -0.39 is 11.8 Å². The zero-order valence-electron chi connectivity index (χ0n) is 20.9. The van der Waals surface area contributed by atoms with Crippen molar-refractivity contribution in [2.75, 3.05) is 10.6 Å². The normalized spacial score (nSPS) is 10.6. The molecule has 5 rings (SSSR count). The van der Waals surface area contributed by atoms with Crippen LogP contribution in [-0.4, -0.2) is 32.7 Å². The van der Waals surface area contributed by atoms with Gasteiger partial charge in [0.1, 0.15) is 12.1 Å². The predicted molar refractivity (Wildman–Crippen MR) is 155 cm³/mol. The number of nitrogens with zero attached hydrogens (tertiary/aromatic N) is 3. The quantitative estimate of drug-likeness (QED) is 0.230. The number of rotatable bonds is 7. The molecule has 0 atom stereocenters. The van der Waals surface area contributed by atoms with Gasteiger partial charge < -0.3 is 16.4 Å². The van der Waals surface area contributed by atoms with Gasteiger partial charge >= 0.3 is 0 Å². The SMILES string of the molecule is C=CC(=O)Nc1cccc(-c2cc(-c3ccc(C(=O)Nc4cc(C(N)=O)ccn4)cc3Cl)cc3cncnc23)c1. The van der Waals surface area contributed by atoms with Crippen molar-refractivity contribution in [1.29, 1.82) is 0 Å². The number of anilines is 2. The molecule has 0 saturated heterocycles. The molecule has 0 spiro atoms. The Morgan fingerprint density at radius 2 is 1.73 bits per heavy atom. The number of carbonyl (C=O) groups is 3. The minimum atomic E-state index is -0.626. The summed E-state index contributed by atoms with van der Waals surface area (Å²) >= 11 is 6.68. The second-order valence-corrected chi connectivity index (χ2v) is 9.11. The number of carbonyl (C=O) groups excluding carboxylic acids is 3. The summed E-state index contributed by atoms with van der Waals surface area (Å²) in [7, 11) is 0. The van der Waals surface area contributed by atoms with Gasteiger partial charge in [0.2, 0.25) is 11.8 Å². The molecule has 0 fully saturated rings. The fraction of sp³-hybridized carbons (Fsp3) is 0. The topological polar surface area (TPSA) is 140 Å². The summed E-state index contributed by atoms with van der Waals surface area (Å²) in [6.07, 6.45) is 5.78. The fourth-order valence-electron chi connectivity index (χ4n) is 4.17. The maximum atomic E-state index is 12.9. The van der Waals surface area contributed by atoms with E-state index in [0.29, 0.717) is 21.8 Å². The average molecular weight is 549 g/mol. The number of fused-ring (bicyclic) bond motifs is 1. The molecule has 0 saturated carbocycles. The highest BCUT2D eigenvalue weighted by Gasteiger charge is 2.15. The molecule has 0 unspecified atom stereocenters. The number of nitrogens with one attached hydrogen (secondary N) is 2. The Labute approximate surface area is 233 Å². The first-order chi connectivity index (χ1) is 19.3. The first kappa shape index (κ1) is 26.2. The number of hydrogen-bond acceptors (Lipinski definition) is 6. The second-order valence-electron chi connectivity index (χ2n) is 8.70. The van der Waals surface area contributed by atoms with Crippen LogP contribution in [0.3, 0.4) is 0 Å². The maximum absolute atomic E-state index is 12.9. The molecule has 9 nitrogen and oxygen atoms in total. The Morgan fingerprint density at radius 3 is 2.50 bits per heavy atom. The Morgan fingerprint density at radius 1 is 0.875 bits per heavy atom. The van der Waals surface area contributed by atoms with Crippen LogP contribution in [0.15, 0.2) is 98.1 Å². The molecule has 3 aromatic carbocycles. The lowest BCUT2D eigenvalue weighted by Gasteiger charge is -2.13. The van der Waals surface area contributed by atoms with Crippen molar-refractivity contribution in [2.45, 2.75) is 0 Å². The van der Waals surface area contributed by atoms with E-state index in [1.54, 1.807) is 30.5 Å². The van der Waals surface area contributed by atoms with Crippen LogP contribution in [0.1, 0.15) is 20.7 Å². The van der Waals surface area contributed by atoms with Gasteiger partial charge in [-0.25, -0.2) is 15.0 Å². The van der Waals surface area contributed by atoms with Crippen molar-refractivity contribution in [1.82, 2.24) is 15.0 Å². The van der Waals surface area contributed by atoms with E-state index in [0.717, 1.165) is 27.6 Å². The van der Waals surface area contributed by atoms with Crippen molar-refractivity contribution in [3.05, 3.63) is 114 Å². The molecule has 3 amide bonds. The molecule has 0 radical (unpaired) electrons. The van der Waals surface area contributed by atoms with Gasteiger partial charge in [-0.15, -0.1) is 0 Å². The van der Waals surface area contributed by atoms with Crippen LogP contribution >= 0.6 is 11.6 Å². The monoisotopic (exact) mass is 548 g/mol. The van der Waals surface area contributed by atoms with Crippen molar-refractivity contribution in [3.63, 3.8) is 0 Å². The largest absolute Gasteiger partial charge is 0.366 e. The van der Waals surface area contributed by atoms with Gasteiger partial charge in [-0.2, -0.15) is 0 Å². The zero-order valence-corrected chi connectivity index (χ0v) is 21.6. The van der Waals surface area contributed by atoms with Gasteiger partial charge in [0, 0.05) is 50.7 Å². The third-order valence-corrected chi connectivity index (χ3v) is 6.37. The number of primary amides is 1. The minimum Gasteiger partial charge on any atom is -0.366 e.